The van der Waals surface area contributed by atoms with Crippen molar-refractivity contribution in [3.63, 3.8) is 0 Å². The van der Waals surface area contributed by atoms with Gasteiger partial charge >= 0.3 is 6.09 Å². The Hall–Kier alpha value is -1.75. The van der Waals surface area contributed by atoms with Gasteiger partial charge < -0.3 is 4.74 Å². The first-order valence-corrected chi connectivity index (χ1v) is 2.77. The Kier molecular flexibility index (Phi) is 3.47. The summed E-state index contributed by atoms with van der Waals surface area (Å²) < 4.78 is 4.28. The molecule has 0 aliphatic rings. The fourth-order valence-corrected chi connectivity index (χ4v) is 0.451. The van der Waals surface area contributed by atoms with Gasteiger partial charge in [-0.05, 0) is 0 Å². The van der Waals surface area contributed by atoms with Gasteiger partial charge in [0.15, 0.2) is 0 Å². The summed E-state index contributed by atoms with van der Waals surface area (Å²) in [7, 11) is 2.51. The highest BCUT2D eigenvalue weighted by Crippen LogP contribution is 1.95. The summed E-state index contributed by atoms with van der Waals surface area (Å²) in [4.78, 5) is 11.6. The molecular weight excluding hydrogens is 146 g/mol. The van der Waals surface area contributed by atoms with Crippen molar-refractivity contribution in [3.8, 4) is 12.1 Å². The molecule has 0 aromatic carbocycles. The molecule has 0 fully saturated rings. The minimum atomic E-state index is -1.08. The first-order chi connectivity index (χ1) is 5.17. The molecule has 0 aromatic heterocycles. The summed E-state index contributed by atoms with van der Waals surface area (Å²) in [5.74, 6) is 0. The molecule has 0 aromatic rings. The summed E-state index contributed by atoms with van der Waals surface area (Å²) in [6, 6.07) is 2.18. The molecule has 0 aliphatic heterocycles. The molecule has 0 rings (SSSR count). The fraction of sp³-hybridized carbons (Fsp3) is 0.500. The topological polar surface area (TPSA) is 77.1 Å². The van der Waals surface area contributed by atoms with Gasteiger partial charge in [0.2, 0.25) is 6.04 Å². The molecule has 5 nitrogen and oxygen atoms in total. The van der Waals surface area contributed by atoms with E-state index in [1.54, 1.807) is 12.1 Å². The van der Waals surface area contributed by atoms with Crippen LogP contribution in [0.4, 0.5) is 4.79 Å². The van der Waals surface area contributed by atoms with Gasteiger partial charge in [0.25, 0.3) is 0 Å². The molecule has 0 radical (unpaired) electrons. The number of amides is 1. The molecule has 0 saturated carbocycles. The van der Waals surface area contributed by atoms with E-state index in [0.29, 0.717) is 0 Å². The van der Waals surface area contributed by atoms with Crippen LogP contribution in [0.1, 0.15) is 0 Å². The van der Waals surface area contributed by atoms with Crippen molar-refractivity contribution in [2.24, 2.45) is 0 Å². The van der Waals surface area contributed by atoms with Crippen LogP contribution in [0.2, 0.25) is 0 Å². The third-order valence-corrected chi connectivity index (χ3v) is 1.09. The summed E-state index contributed by atoms with van der Waals surface area (Å²) in [5, 5.41) is 16.6. The molecule has 0 unspecified atom stereocenters. The van der Waals surface area contributed by atoms with Gasteiger partial charge in [-0.3, -0.25) is 4.90 Å². The Labute approximate surface area is 64.4 Å². The standard InChI is InChI=1S/C6H7N3O2/c1-9(6(10)11-2)5(3-7)4-8/h5H,1-2H3. The van der Waals surface area contributed by atoms with Crippen molar-refractivity contribution < 1.29 is 9.53 Å². The lowest BCUT2D eigenvalue weighted by atomic mass is 10.3. The van der Waals surface area contributed by atoms with E-state index in [9.17, 15) is 4.79 Å². The molecule has 0 aliphatic carbocycles. The smallest absolute Gasteiger partial charge is 0.411 e. The lowest BCUT2D eigenvalue weighted by Crippen LogP contribution is -2.34. The number of hydrogen-bond donors (Lipinski definition) is 0. The molecule has 0 saturated heterocycles. The van der Waals surface area contributed by atoms with Crippen molar-refractivity contribution in [2.45, 2.75) is 6.04 Å². The highest BCUT2D eigenvalue weighted by atomic mass is 16.5. The van der Waals surface area contributed by atoms with Gasteiger partial charge in [0.1, 0.15) is 12.1 Å². The van der Waals surface area contributed by atoms with Crippen LogP contribution < -0.4 is 0 Å². The van der Waals surface area contributed by atoms with Crippen molar-refractivity contribution in [2.75, 3.05) is 14.2 Å². The molecule has 0 N–H and O–H groups in total. The highest BCUT2D eigenvalue weighted by molar-refractivity contribution is 5.68. The molecule has 1 amide bonds. The second kappa shape index (κ2) is 4.13. The monoisotopic (exact) mass is 153 g/mol. The Morgan fingerprint density at radius 1 is 1.55 bits per heavy atom. The molecule has 0 spiro atoms. The van der Waals surface area contributed by atoms with Gasteiger partial charge in [-0.1, -0.05) is 0 Å². The molecule has 0 atom stereocenters. The number of nitriles is 2. The molecule has 11 heavy (non-hydrogen) atoms. The van der Waals surface area contributed by atoms with Crippen molar-refractivity contribution in [1.82, 2.24) is 4.90 Å². The van der Waals surface area contributed by atoms with Crippen LogP contribution in [0.5, 0.6) is 0 Å². The number of nitrogens with zero attached hydrogens (tertiary/aromatic N) is 3. The second-order valence-electron chi connectivity index (χ2n) is 1.74. The van der Waals surface area contributed by atoms with Crippen molar-refractivity contribution >= 4 is 6.09 Å². The summed E-state index contributed by atoms with van der Waals surface area (Å²) in [6.07, 6.45) is -0.696. The van der Waals surface area contributed by atoms with Gasteiger partial charge in [-0.15, -0.1) is 0 Å². The summed E-state index contributed by atoms with van der Waals surface area (Å²) in [6.45, 7) is 0. The van der Waals surface area contributed by atoms with Crippen LogP contribution in [0.15, 0.2) is 0 Å². The largest absolute Gasteiger partial charge is 0.453 e. The van der Waals surface area contributed by atoms with Crippen LogP contribution in [-0.4, -0.2) is 31.2 Å². The van der Waals surface area contributed by atoms with Gasteiger partial charge in [0, 0.05) is 7.05 Å². The lowest BCUT2D eigenvalue weighted by Gasteiger charge is -2.14. The van der Waals surface area contributed by atoms with Crippen LogP contribution in [-0.2, 0) is 4.74 Å². The zero-order valence-corrected chi connectivity index (χ0v) is 6.24. The lowest BCUT2D eigenvalue weighted by molar-refractivity contribution is 0.132. The molecular formula is C6H7N3O2. The van der Waals surface area contributed by atoms with E-state index in [1.165, 1.54) is 14.2 Å². The van der Waals surface area contributed by atoms with Crippen LogP contribution >= 0.6 is 0 Å². The van der Waals surface area contributed by atoms with Crippen LogP contribution in [0.3, 0.4) is 0 Å². The molecule has 0 bridgehead atoms. The summed E-state index contributed by atoms with van der Waals surface area (Å²) >= 11 is 0. The Morgan fingerprint density at radius 3 is 2.27 bits per heavy atom. The Bertz CT molecular complexity index is 211. The average molecular weight is 153 g/mol. The first-order valence-electron chi connectivity index (χ1n) is 2.77. The quantitative estimate of drug-likeness (QED) is 0.535. The van der Waals surface area contributed by atoms with Gasteiger partial charge in [-0.25, -0.2) is 4.79 Å². The van der Waals surface area contributed by atoms with E-state index >= 15 is 0 Å². The van der Waals surface area contributed by atoms with Crippen LogP contribution in [0, 0.1) is 22.7 Å². The Morgan fingerprint density at radius 2 is 2.00 bits per heavy atom. The molecule has 58 valence electrons. The fourth-order valence-electron chi connectivity index (χ4n) is 0.451. The molecule has 5 heteroatoms. The number of carbonyl (C=O) groups excluding carboxylic acids is 1. The third kappa shape index (κ3) is 2.15. The zero-order chi connectivity index (χ0) is 8.85. The Balaban J connectivity index is 4.26. The summed E-state index contributed by atoms with van der Waals surface area (Å²) in [5.41, 5.74) is 0. The normalized spacial score (nSPS) is 8.09. The second-order valence-corrected chi connectivity index (χ2v) is 1.74. The third-order valence-electron chi connectivity index (χ3n) is 1.09. The van der Waals surface area contributed by atoms with Gasteiger partial charge in [-0.2, -0.15) is 10.5 Å². The minimum Gasteiger partial charge on any atom is -0.453 e. The minimum absolute atomic E-state index is 0.696. The number of ether oxygens (including phenoxy) is 1. The SMILES string of the molecule is COC(=O)N(C)C(C#N)C#N. The van der Waals surface area contributed by atoms with Gasteiger partial charge in [0.05, 0.1) is 7.11 Å². The predicted octanol–water partition coefficient (Wildman–Crippen LogP) is 0.100. The average Bonchev–Trinajstić information content (AvgIpc) is 2.05. The number of carbonyl (C=O) groups is 1. The molecule has 0 heterocycles. The van der Waals surface area contributed by atoms with E-state index < -0.39 is 12.1 Å². The highest BCUT2D eigenvalue weighted by Gasteiger charge is 2.18. The maximum atomic E-state index is 10.7. The first kappa shape index (κ1) is 9.25. The van der Waals surface area contributed by atoms with E-state index in [0.717, 1.165) is 4.90 Å². The van der Waals surface area contributed by atoms with E-state index in [2.05, 4.69) is 4.74 Å². The van der Waals surface area contributed by atoms with E-state index in [4.69, 9.17) is 10.5 Å². The number of rotatable bonds is 1. The maximum absolute atomic E-state index is 10.7. The van der Waals surface area contributed by atoms with Crippen LogP contribution in [0.25, 0.3) is 0 Å². The predicted molar refractivity (Wildman–Crippen MR) is 35.2 cm³/mol. The van der Waals surface area contributed by atoms with Crippen molar-refractivity contribution in [1.29, 1.82) is 10.5 Å². The van der Waals surface area contributed by atoms with E-state index in [-0.39, 0.29) is 0 Å². The maximum Gasteiger partial charge on any atom is 0.411 e. The van der Waals surface area contributed by atoms with E-state index in [1.807, 2.05) is 0 Å². The number of hydrogen-bond acceptors (Lipinski definition) is 4. The van der Waals surface area contributed by atoms with Crippen molar-refractivity contribution in [3.05, 3.63) is 0 Å². The zero-order valence-electron chi connectivity index (χ0n) is 6.24. The number of methoxy groups -OCH3 is 1.